The van der Waals surface area contributed by atoms with Crippen LogP contribution in [0.15, 0.2) is 53.7 Å². The predicted molar refractivity (Wildman–Crippen MR) is 95.0 cm³/mol. The largest absolute Gasteiger partial charge is 0.293 e. The highest BCUT2D eigenvalue weighted by molar-refractivity contribution is 7.99. The molecule has 9 heteroatoms. The third-order valence-electron chi connectivity index (χ3n) is 3.33. The number of aromatic nitrogens is 3. The van der Waals surface area contributed by atoms with Crippen molar-refractivity contribution in [3.8, 4) is 11.4 Å². The van der Waals surface area contributed by atoms with E-state index in [1.165, 1.54) is 36.0 Å². The van der Waals surface area contributed by atoms with Crippen LogP contribution in [0.4, 0.5) is 5.69 Å². The molecule has 0 spiro atoms. The fraction of sp³-hybridized carbons (Fsp3) is 0.0625. The number of hydrogen-bond donors (Lipinski definition) is 1. The van der Waals surface area contributed by atoms with Gasteiger partial charge in [-0.2, -0.15) is 0 Å². The van der Waals surface area contributed by atoms with Gasteiger partial charge < -0.3 is 0 Å². The lowest BCUT2D eigenvalue weighted by molar-refractivity contribution is -0.384. The number of H-pyrrole nitrogens is 1. The molecule has 3 rings (SSSR count). The van der Waals surface area contributed by atoms with Gasteiger partial charge in [0.2, 0.25) is 5.16 Å². The topological polar surface area (TPSA) is 102 Å². The van der Waals surface area contributed by atoms with E-state index in [1.54, 1.807) is 6.07 Å². The van der Waals surface area contributed by atoms with Gasteiger partial charge in [-0.15, -0.1) is 5.10 Å². The summed E-state index contributed by atoms with van der Waals surface area (Å²) in [5.74, 6) is 0.484. The third kappa shape index (κ3) is 4.04. The summed E-state index contributed by atoms with van der Waals surface area (Å²) < 4.78 is 0. The third-order valence-corrected chi connectivity index (χ3v) is 4.50. The summed E-state index contributed by atoms with van der Waals surface area (Å²) in [7, 11) is 0. The Morgan fingerprint density at radius 2 is 1.92 bits per heavy atom. The monoisotopic (exact) mass is 374 g/mol. The highest BCUT2D eigenvalue weighted by Crippen LogP contribution is 2.26. The van der Waals surface area contributed by atoms with Crippen molar-refractivity contribution in [3.63, 3.8) is 0 Å². The van der Waals surface area contributed by atoms with E-state index in [9.17, 15) is 14.9 Å². The lowest BCUT2D eigenvalue weighted by Crippen LogP contribution is -2.02. The van der Waals surface area contributed by atoms with Crippen LogP contribution in [0.2, 0.25) is 5.02 Å². The van der Waals surface area contributed by atoms with Crippen molar-refractivity contribution >= 4 is 34.8 Å². The van der Waals surface area contributed by atoms with Crippen LogP contribution in [0.5, 0.6) is 0 Å². The Bertz CT molecular complexity index is 927. The van der Waals surface area contributed by atoms with Crippen molar-refractivity contribution in [3.05, 3.63) is 69.2 Å². The minimum Gasteiger partial charge on any atom is -0.293 e. The Kier molecular flexibility index (Phi) is 5.11. The smallest absolute Gasteiger partial charge is 0.269 e. The van der Waals surface area contributed by atoms with E-state index in [0.29, 0.717) is 21.6 Å². The maximum Gasteiger partial charge on any atom is 0.269 e. The molecule has 126 valence electrons. The Morgan fingerprint density at radius 3 is 2.60 bits per heavy atom. The molecular formula is C16H11ClN4O3S. The number of carbonyl (C=O) groups is 1. The number of non-ortho nitro benzene ring substituents is 1. The molecule has 0 fully saturated rings. The number of ketones is 1. The number of rotatable bonds is 6. The minimum atomic E-state index is -0.507. The summed E-state index contributed by atoms with van der Waals surface area (Å²) in [4.78, 5) is 26.6. The molecule has 0 aliphatic heterocycles. The van der Waals surface area contributed by atoms with Gasteiger partial charge in [-0.05, 0) is 24.3 Å². The number of Topliss-reactive ketones (excluding diaryl/α,β-unsaturated/α-hetero) is 1. The van der Waals surface area contributed by atoms with E-state index in [0.717, 1.165) is 5.56 Å². The first kappa shape index (κ1) is 17.1. The van der Waals surface area contributed by atoms with Crippen molar-refractivity contribution in [2.24, 2.45) is 0 Å². The van der Waals surface area contributed by atoms with Gasteiger partial charge in [-0.3, -0.25) is 20.0 Å². The lowest BCUT2D eigenvalue weighted by Gasteiger charge is -1.99. The van der Waals surface area contributed by atoms with E-state index in [4.69, 9.17) is 11.6 Å². The number of halogens is 1. The summed E-state index contributed by atoms with van der Waals surface area (Å²) in [6.45, 7) is 0. The Labute approximate surface area is 151 Å². The van der Waals surface area contributed by atoms with Crippen molar-refractivity contribution in [1.29, 1.82) is 0 Å². The van der Waals surface area contributed by atoms with E-state index in [-0.39, 0.29) is 17.2 Å². The number of nitro groups is 1. The fourth-order valence-electron chi connectivity index (χ4n) is 2.07. The van der Waals surface area contributed by atoms with Crippen molar-refractivity contribution in [1.82, 2.24) is 15.2 Å². The Balaban J connectivity index is 1.65. The summed E-state index contributed by atoms with van der Waals surface area (Å²) in [6, 6.07) is 12.7. The minimum absolute atomic E-state index is 0.0532. The van der Waals surface area contributed by atoms with E-state index >= 15 is 0 Å². The zero-order valence-corrected chi connectivity index (χ0v) is 14.3. The number of benzene rings is 2. The van der Waals surface area contributed by atoms with Gasteiger partial charge in [0.15, 0.2) is 11.6 Å². The Hall–Kier alpha value is -2.71. The number of nitrogens with zero attached hydrogens (tertiary/aromatic N) is 3. The average molecular weight is 375 g/mol. The summed E-state index contributed by atoms with van der Waals surface area (Å²) >= 11 is 7.29. The first-order chi connectivity index (χ1) is 12.0. The van der Waals surface area contributed by atoms with Crippen LogP contribution >= 0.6 is 23.4 Å². The molecule has 0 atom stereocenters. The number of hydrogen-bond acceptors (Lipinski definition) is 6. The zero-order chi connectivity index (χ0) is 17.8. The highest BCUT2D eigenvalue weighted by atomic mass is 35.5. The molecule has 0 aliphatic rings. The fourth-order valence-corrected chi connectivity index (χ4v) is 2.99. The van der Waals surface area contributed by atoms with Crippen molar-refractivity contribution in [2.75, 3.05) is 5.75 Å². The van der Waals surface area contributed by atoms with Gasteiger partial charge in [0.25, 0.3) is 5.69 Å². The second kappa shape index (κ2) is 7.45. The average Bonchev–Trinajstić information content (AvgIpc) is 3.09. The highest BCUT2D eigenvalue weighted by Gasteiger charge is 2.13. The number of thioether (sulfide) groups is 1. The van der Waals surface area contributed by atoms with Crippen LogP contribution in [0.25, 0.3) is 11.4 Å². The second-order valence-corrected chi connectivity index (χ2v) is 6.31. The first-order valence-electron chi connectivity index (χ1n) is 7.12. The number of aromatic amines is 1. The SMILES string of the molecule is O=C(CSc1n[nH]c(-c2ccccc2Cl)n1)c1ccc([N+](=O)[O-])cc1. The van der Waals surface area contributed by atoms with Crippen LogP contribution in [0, 0.1) is 10.1 Å². The molecule has 25 heavy (non-hydrogen) atoms. The van der Waals surface area contributed by atoms with Crippen molar-refractivity contribution < 1.29 is 9.72 Å². The van der Waals surface area contributed by atoms with E-state index < -0.39 is 4.92 Å². The number of nitrogens with one attached hydrogen (secondary N) is 1. The van der Waals surface area contributed by atoms with Crippen LogP contribution in [0.3, 0.4) is 0 Å². The second-order valence-electron chi connectivity index (χ2n) is 4.96. The zero-order valence-electron chi connectivity index (χ0n) is 12.7. The molecule has 0 saturated heterocycles. The molecule has 0 bridgehead atoms. The molecule has 1 heterocycles. The van der Waals surface area contributed by atoms with Gasteiger partial charge in [-0.25, -0.2) is 4.98 Å². The van der Waals surface area contributed by atoms with Gasteiger partial charge in [0.05, 0.1) is 15.7 Å². The molecule has 0 radical (unpaired) electrons. The van der Waals surface area contributed by atoms with Crippen molar-refractivity contribution in [2.45, 2.75) is 5.16 Å². The maximum absolute atomic E-state index is 12.2. The molecule has 0 amide bonds. The number of carbonyl (C=O) groups excluding carboxylic acids is 1. The molecule has 0 aliphatic carbocycles. The van der Waals surface area contributed by atoms with Gasteiger partial charge in [0, 0.05) is 23.3 Å². The summed E-state index contributed by atoms with van der Waals surface area (Å²) in [5, 5.41) is 18.5. The van der Waals surface area contributed by atoms with Gasteiger partial charge >= 0.3 is 0 Å². The van der Waals surface area contributed by atoms with Crippen LogP contribution in [0.1, 0.15) is 10.4 Å². The molecule has 1 N–H and O–H groups in total. The summed E-state index contributed by atoms with van der Waals surface area (Å²) in [6.07, 6.45) is 0. The molecule has 0 saturated carbocycles. The molecular weight excluding hydrogens is 364 g/mol. The van der Waals surface area contributed by atoms with E-state index in [1.807, 2.05) is 18.2 Å². The lowest BCUT2D eigenvalue weighted by atomic mass is 10.1. The Morgan fingerprint density at radius 1 is 1.20 bits per heavy atom. The molecule has 3 aromatic rings. The first-order valence-corrected chi connectivity index (χ1v) is 8.48. The van der Waals surface area contributed by atoms with Gasteiger partial charge in [0.1, 0.15) is 0 Å². The van der Waals surface area contributed by atoms with Crippen LogP contribution in [-0.4, -0.2) is 31.6 Å². The van der Waals surface area contributed by atoms with Crippen LogP contribution in [-0.2, 0) is 0 Å². The quantitative estimate of drug-likeness (QED) is 0.303. The molecule has 1 aromatic heterocycles. The van der Waals surface area contributed by atoms with Crippen LogP contribution < -0.4 is 0 Å². The molecule has 2 aromatic carbocycles. The molecule has 0 unspecified atom stereocenters. The standard InChI is InChI=1S/C16H11ClN4O3S/c17-13-4-2-1-3-12(13)15-18-16(20-19-15)25-9-14(22)10-5-7-11(8-6-10)21(23)24/h1-8H,9H2,(H,18,19,20). The molecule has 7 nitrogen and oxygen atoms in total. The number of nitro benzene ring substituents is 1. The maximum atomic E-state index is 12.2. The van der Waals surface area contributed by atoms with Gasteiger partial charge in [-0.1, -0.05) is 35.5 Å². The predicted octanol–water partition coefficient (Wildman–Crippen LogP) is 4.01. The normalized spacial score (nSPS) is 10.6. The summed E-state index contributed by atoms with van der Waals surface area (Å²) in [5.41, 5.74) is 1.08. The van der Waals surface area contributed by atoms with E-state index in [2.05, 4.69) is 15.2 Å².